The third-order valence-corrected chi connectivity index (χ3v) is 12.8. The largest absolute Gasteiger partial charge is 0.390 e. The zero-order valence-corrected chi connectivity index (χ0v) is 42.4. The van der Waals surface area contributed by atoms with Crippen LogP contribution in [0, 0.1) is 17.8 Å². The minimum Gasteiger partial charge on any atom is -0.390 e. The van der Waals surface area contributed by atoms with Crippen molar-refractivity contribution in [2.45, 2.75) is 148 Å². The van der Waals surface area contributed by atoms with E-state index in [0.29, 0.717) is 41.9 Å². The van der Waals surface area contributed by atoms with E-state index in [9.17, 15) is 43.5 Å². The molecule has 1 saturated heterocycles. The molecule has 0 bridgehead atoms. The summed E-state index contributed by atoms with van der Waals surface area (Å²) < 4.78 is 0. The summed E-state index contributed by atoms with van der Waals surface area (Å²) in [5.41, 5.74) is 7.74. The molecule has 1 aromatic carbocycles. The van der Waals surface area contributed by atoms with E-state index < -0.39 is 108 Å². The van der Waals surface area contributed by atoms with Crippen LogP contribution in [0.15, 0.2) is 67.9 Å². The average Bonchev–Trinajstić information content (AvgIpc) is 4.22. The second kappa shape index (κ2) is 27.4. The van der Waals surface area contributed by atoms with Gasteiger partial charge < -0.3 is 62.6 Å². The number of benzene rings is 1. The number of likely N-dealkylation sites (tertiary alicyclic amines) is 1. The topological polar surface area (TPSA) is 344 Å². The number of nitrogens with zero attached hydrogens (tertiary/aromatic N) is 4. The van der Waals surface area contributed by atoms with Gasteiger partial charge in [0.15, 0.2) is 0 Å². The molecule has 5 rings (SSSR count). The second-order valence-electron chi connectivity index (χ2n) is 19.4. The zero-order valence-electron chi connectivity index (χ0n) is 42.4. The number of nitrogens with one attached hydrogen (secondary N) is 9. The van der Waals surface area contributed by atoms with E-state index in [1.807, 2.05) is 20.8 Å². The van der Waals surface area contributed by atoms with Gasteiger partial charge in [0.1, 0.15) is 36.3 Å². The highest BCUT2D eigenvalue weighted by molar-refractivity contribution is 5.96. The Morgan fingerprint density at radius 2 is 1.22 bits per heavy atom. The fraction of sp³-hybridized carbons (Fsp3) is 0.540. The van der Waals surface area contributed by atoms with Gasteiger partial charge in [-0.25, -0.2) is 15.0 Å². The maximum Gasteiger partial charge on any atom is 0.246 e. The van der Waals surface area contributed by atoms with Gasteiger partial charge in [-0.15, -0.1) is 0 Å². The lowest BCUT2D eigenvalue weighted by Crippen LogP contribution is -2.60. The van der Waals surface area contributed by atoms with Gasteiger partial charge in [-0.2, -0.15) is 0 Å². The number of aliphatic hydroxyl groups is 1. The highest BCUT2D eigenvalue weighted by Crippen LogP contribution is 2.21. The minimum absolute atomic E-state index is 0.00875. The predicted molar refractivity (Wildman–Crippen MR) is 267 cm³/mol. The molecule has 0 radical (unpaired) electrons. The smallest absolute Gasteiger partial charge is 0.246 e. The molecule has 9 atom stereocenters. The van der Waals surface area contributed by atoms with Crippen molar-refractivity contribution in [3.8, 4) is 0 Å². The monoisotopic (exact) mass is 1010 g/mol. The standard InChI is InChI=1S/C50H72N14O9/c1-7-30(6)43(49(72)59-36(44(51)67)18-32-22-52-25-55-32)63-42(66)21-41(65)35(16-28(2)3)58-47(70)38(19-33-23-53-26-56-33)60-46(69)37(17-31-12-9-8-10-13-31)61-48(71)40-14-11-15-64(40)50(73)39(62-45(68)29(4)5)20-34-24-54-27-57-34/h8-10,12-13,22-30,35-41,43,65H,7,11,14-21H2,1-6H3,(H2,51,67)(H,52,55)(H,53,56)(H,54,57)(H,58,70)(H,59,72)(H,60,69)(H,61,71)(H,62,68)(H,63,66)/t30-,35-,36-,37-,38-,39-,40-,41-,43-/m0/s1. The number of aliphatic hydroxyl groups excluding tert-OH is 1. The summed E-state index contributed by atoms with van der Waals surface area (Å²) in [7, 11) is 0. The number of aromatic amines is 3. The number of carbonyl (C=O) groups excluding carboxylic acids is 8. The van der Waals surface area contributed by atoms with Crippen molar-refractivity contribution in [1.82, 2.24) is 66.7 Å². The Morgan fingerprint density at radius 3 is 1.75 bits per heavy atom. The third-order valence-electron chi connectivity index (χ3n) is 12.8. The van der Waals surface area contributed by atoms with Crippen molar-refractivity contribution in [1.29, 1.82) is 0 Å². The van der Waals surface area contributed by atoms with Gasteiger partial charge in [0.05, 0.1) is 54.6 Å². The molecule has 12 N–H and O–H groups in total. The zero-order chi connectivity index (χ0) is 53.2. The van der Waals surface area contributed by atoms with E-state index in [4.69, 9.17) is 5.73 Å². The third kappa shape index (κ3) is 17.1. The first-order chi connectivity index (χ1) is 34.8. The second-order valence-corrected chi connectivity index (χ2v) is 19.4. The number of aromatic nitrogens is 6. The molecule has 8 amide bonds. The van der Waals surface area contributed by atoms with Crippen LogP contribution in [0.1, 0.15) is 96.3 Å². The Morgan fingerprint density at radius 1 is 0.685 bits per heavy atom. The molecule has 3 aromatic heterocycles. The predicted octanol–water partition coefficient (Wildman–Crippen LogP) is 0.0108. The van der Waals surface area contributed by atoms with Gasteiger partial charge in [-0.3, -0.25) is 38.4 Å². The van der Waals surface area contributed by atoms with Crippen LogP contribution in [-0.4, -0.2) is 142 Å². The van der Waals surface area contributed by atoms with Crippen molar-refractivity contribution >= 4 is 47.3 Å². The van der Waals surface area contributed by atoms with Crippen molar-refractivity contribution in [2.75, 3.05) is 6.54 Å². The maximum atomic E-state index is 14.6. The van der Waals surface area contributed by atoms with Crippen molar-refractivity contribution in [3.05, 3.63) is 90.5 Å². The molecule has 1 aliphatic rings. The number of hydrogen-bond acceptors (Lipinski definition) is 12. The van der Waals surface area contributed by atoms with Crippen molar-refractivity contribution in [3.63, 3.8) is 0 Å². The molecule has 396 valence electrons. The van der Waals surface area contributed by atoms with E-state index in [0.717, 1.165) is 0 Å². The van der Waals surface area contributed by atoms with E-state index in [-0.39, 0.29) is 50.5 Å². The number of amides is 8. The molecule has 23 nitrogen and oxygen atoms in total. The van der Waals surface area contributed by atoms with E-state index >= 15 is 0 Å². The number of primary amides is 1. The Hall–Kier alpha value is -7.43. The molecule has 0 unspecified atom stereocenters. The molecular formula is C50H72N14O9. The summed E-state index contributed by atoms with van der Waals surface area (Å²) in [6.07, 6.45) is 8.51. The van der Waals surface area contributed by atoms with Crippen LogP contribution in [0.4, 0.5) is 0 Å². The summed E-state index contributed by atoms with van der Waals surface area (Å²) >= 11 is 0. The number of rotatable bonds is 28. The molecule has 1 aliphatic heterocycles. The maximum absolute atomic E-state index is 14.6. The molecule has 0 aliphatic carbocycles. The Balaban J connectivity index is 1.32. The van der Waals surface area contributed by atoms with Crippen molar-refractivity contribution in [2.24, 2.45) is 23.5 Å². The number of nitrogens with two attached hydrogens (primary N) is 1. The van der Waals surface area contributed by atoms with Gasteiger partial charge in [0.2, 0.25) is 47.3 Å². The first kappa shape index (κ1) is 56.5. The van der Waals surface area contributed by atoms with Gasteiger partial charge in [0, 0.05) is 56.7 Å². The van der Waals surface area contributed by atoms with Crippen LogP contribution in [-0.2, 0) is 64.0 Å². The summed E-state index contributed by atoms with van der Waals surface area (Å²) in [6.45, 7) is 11.0. The molecule has 23 heteroatoms. The average molecular weight is 1010 g/mol. The lowest BCUT2D eigenvalue weighted by atomic mass is 9.95. The van der Waals surface area contributed by atoms with Crippen LogP contribution in [0.25, 0.3) is 0 Å². The molecule has 4 heterocycles. The van der Waals surface area contributed by atoms with Crippen LogP contribution >= 0.6 is 0 Å². The number of imidazole rings is 3. The lowest BCUT2D eigenvalue weighted by Gasteiger charge is -2.31. The normalized spacial score (nSPS) is 16.8. The summed E-state index contributed by atoms with van der Waals surface area (Å²) in [4.78, 5) is 132. The summed E-state index contributed by atoms with van der Waals surface area (Å²) in [6, 6.07) is 1.14. The van der Waals surface area contributed by atoms with E-state index in [2.05, 4.69) is 61.8 Å². The minimum atomic E-state index is -1.47. The molecule has 73 heavy (non-hydrogen) atoms. The van der Waals surface area contributed by atoms with Gasteiger partial charge in [0.25, 0.3) is 0 Å². The molecule has 1 fully saturated rings. The molecular weight excluding hydrogens is 941 g/mol. The fourth-order valence-corrected chi connectivity index (χ4v) is 8.54. The van der Waals surface area contributed by atoms with Crippen LogP contribution in [0.2, 0.25) is 0 Å². The quantitative estimate of drug-likeness (QED) is 0.0359. The van der Waals surface area contributed by atoms with Gasteiger partial charge in [-0.1, -0.05) is 78.3 Å². The van der Waals surface area contributed by atoms with Gasteiger partial charge in [-0.05, 0) is 36.7 Å². The Bertz CT molecular complexity index is 2410. The Labute approximate surface area is 424 Å². The molecule has 0 saturated carbocycles. The van der Waals surface area contributed by atoms with Crippen molar-refractivity contribution < 1.29 is 43.5 Å². The van der Waals surface area contributed by atoms with E-state index in [1.165, 1.54) is 23.9 Å². The first-order valence-electron chi connectivity index (χ1n) is 24.9. The van der Waals surface area contributed by atoms with Crippen LogP contribution in [0.5, 0.6) is 0 Å². The lowest BCUT2D eigenvalue weighted by molar-refractivity contribution is -0.142. The number of hydrogen-bond donors (Lipinski definition) is 11. The number of H-pyrrole nitrogens is 3. The first-order valence-corrected chi connectivity index (χ1v) is 24.9. The summed E-state index contributed by atoms with van der Waals surface area (Å²) in [5, 5.41) is 28.3. The van der Waals surface area contributed by atoms with Gasteiger partial charge >= 0.3 is 0 Å². The highest BCUT2D eigenvalue weighted by atomic mass is 16.3. The van der Waals surface area contributed by atoms with Crippen LogP contribution < -0.4 is 37.6 Å². The molecule has 4 aromatic rings. The Kier molecular flexibility index (Phi) is 21.2. The summed E-state index contributed by atoms with van der Waals surface area (Å²) in [5.74, 6) is -5.91. The highest BCUT2D eigenvalue weighted by Gasteiger charge is 2.40. The number of carbonyl (C=O) groups is 8. The fourth-order valence-electron chi connectivity index (χ4n) is 8.54. The van der Waals surface area contributed by atoms with E-state index in [1.54, 1.807) is 69.7 Å². The SMILES string of the molecule is CC[C@H](C)[C@H](NC(=O)C[C@H](O)[C@H](CC(C)C)NC(=O)[C@H](Cc1c[nH]cn1)NC(=O)[C@H](Cc1ccccc1)NC(=O)[C@@H]1CCCN1C(=O)[C@H](Cc1c[nH]cn1)NC(=O)C(C)C)C(=O)N[C@@H](Cc1c[nH]cn1)C(N)=O. The molecule has 0 spiro atoms. The van der Waals surface area contributed by atoms with Crippen LogP contribution in [0.3, 0.4) is 0 Å².